The zero-order valence-corrected chi connectivity index (χ0v) is 9.48. The molecule has 2 N–H and O–H groups in total. The topological polar surface area (TPSA) is 46.3 Å². The molecular weight excluding hydrogens is 200 g/mol. The smallest absolute Gasteiger partial charge is 0.218 e. The minimum atomic E-state index is -0.207. The second-order valence-corrected chi connectivity index (χ2v) is 4.33. The number of carbonyl (C=O) groups is 1. The van der Waals surface area contributed by atoms with Crippen molar-refractivity contribution in [2.75, 3.05) is 19.6 Å². The van der Waals surface area contributed by atoms with Crippen molar-refractivity contribution in [1.82, 2.24) is 4.90 Å². The van der Waals surface area contributed by atoms with E-state index in [-0.39, 0.29) is 5.91 Å². The molecule has 1 aliphatic heterocycles. The zero-order valence-electron chi connectivity index (χ0n) is 9.48. The van der Waals surface area contributed by atoms with Gasteiger partial charge in [0.25, 0.3) is 0 Å². The SMILES string of the molecule is NC(=O)CCN1CCc2ccccc2CC1. The summed E-state index contributed by atoms with van der Waals surface area (Å²) >= 11 is 0. The second kappa shape index (κ2) is 5.12. The molecule has 1 aromatic carbocycles. The van der Waals surface area contributed by atoms with Crippen LogP contribution in [0.15, 0.2) is 24.3 Å². The lowest BCUT2D eigenvalue weighted by Crippen LogP contribution is -2.30. The Balaban J connectivity index is 1.94. The summed E-state index contributed by atoms with van der Waals surface area (Å²) in [5, 5.41) is 0. The van der Waals surface area contributed by atoms with Crippen LogP contribution in [0, 0.1) is 0 Å². The lowest BCUT2D eigenvalue weighted by Gasteiger charge is -2.18. The molecule has 0 fully saturated rings. The Bertz CT molecular complexity index is 349. The summed E-state index contributed by atoms with van der Waals surface area (Å²) in [7, 11) is 0. The largest absolute Gasteiger partial charge is 0.370 e. The summed E-state index contributed by atoms with van der Waals surface area (Å²) in [6.07, 6.45) is 2.63. The fourth-order valence-electron chi connectivity index (χ4n) is 2.21. The van der Waals surface area contributed by atoms with E-state index in [0.29, 0.717) is 6.42 Å². The molecule has 1 heterocycles. The highest BCUT2D eigenvalue weighted by molar-refractivity contribution is 5.73. The predicted molar refractivity (Wildman–Crippen MR) is 64.1 cm³/mol. The Kier molecular flexibility index (Phi) is 3.57. The molecular formula is C13H18N2O. The third-order valence-electron chi connectivity index (χ3n) is 3.19. The van der Waals surface area contributed by atoms with Gasteiger partial charge < -0.3 is 10.6 Å². The first-order chi connectivity index (χ1) is 7.75. The maximum atomic E-state index is 10.7. The highest BCUT2D eigenvalue weighted by atomic mass is 16.1. The van der Waals surface area contributed by atoms with Crippen molar-refractivity contribution in [3.05, 3.63) is 35.4 Å². The molecule has 0 bridgehead atoms. The van der Waals surface area contributed by atoms with Gasteiger partial charge in [0.05, 0.1) is 0 Å². The monoisotopic (exact) mass is 218 g/mol. The fraction of sp³-hybridized carbons (Fsp3) is 0.462. The molecule has 1 amide bonds. The van der Waals surface area contributed by atoms with Gasteiger partial charge in [0.2, 0.25) is 5.91 Å². The number of primary amides is 1. The minimum Gasteiger partial charge on any atom is -0.370 e. The highest BCUT2D eigenvalue weighted by Gasteiger charge is 2.13. The summed E-state index contributed by atoms with van der Waals surface area (Å²) in [5.74, 6) is -0.207. The average Bonchev–Trinajstić information content (AvgIpc) is 2.49. The van der Waals surface area contributed by atoms with Crippen molar-refractivity contribution in [3.63, 3.8) is 0 Å². The molecule has 0 spiro atoms. The van der Waals surface area contributed by atoms with Crippen LogP contribution < -0.4 is 5.73 Å². The van der Waals surface area contributed by atoms with Gasteiger partial charge >= 0.3 is 0 Å². The first-order valence-electron chi connectivity index (χ1n) is 5.83. The number of rotatable bonds is 3. The first kappa shape index (κ1) is 11.1. The minimum absolute atomic E-state index is 0.207. The van der Waals surface area contributed by atoms with Crippen LogP contribution in [-0.2, 0) is 17.6 Å². The number of nitrogens with zero attached hydrogens (tertiary/aromatic N) is 1. The lowest BCUT2D eigenvalue weighted by molar-refractivity contribution is -0.118. The number of hydrogen-bond acceptors (Lipinski definition) is 2. The van der Waals surface area contributed by atoms with Crippen LogP contribution in [0.3, 0.4) is 0 Å². The van der Waals surface area contributed by atoms with Crippen molar-refractivity contribution in [2.24, 2.45) is 5.73 Å². The van der Waals surface area contributed by atoms with Gasteiger partial charge in [-0.15, -0.1) is 0 Å². The Hall–Kier alpha value is -1.35. The van der Waals surface area contributed by atoms with E-state index in [1.54, 1.807) is 0 Å². The van der Waals surface area contributed by atoms with Crippen LogP contribution in [-0.4, -0.2) is 30.4 Å². The van der Waals surface area contributed by atoms with Gasteiger partial charge in [0, 0.05) is 26.1 Å². The summed E-state index contributed by atoms with van der Waals surface area (Å²) in [6, 6.07) is 8.59. The third kappa shape index (κ3) is 2.83. The van der Waals surface area contributed by atoms with Gasteiger partial charge in [-0.25, -0.2) is 0 Å². The highest BCUT2D eigenvalue weighted by Crippen LogP contribution is 2.15. The molecule has 0 radical (unpaired) electrons. The van der Waals surface area contributed by atoms with Crippen molar-refractivity contribution in [3.8, 4) is 0 Å². The molecule has 0 aliphatic carbocycles. The molecule has 2 rings (SSSR count). The second-order valence-electron chi connectivity index (χ2n) is 4.33. The number of carbonyl (C=O) groups excluding carboxylic acids is 1. The van der Waals surface area contributed by atoms with Gasteiger partial charge in [0.15, 0.2) is 0 Å². The van der Waals surface area contributed by atoms with E-state index in [4.69, 9.17) is 5.73 Å². The van der Waals surface area contributed by atoms with E-state index >= 15 is 0 Å². The average molecular weight is 218 g/mol. The summed E-state index contributed by atoms with van der Waals surface area (Å²) in [6.45, 7) is 2.86. The van der Waals surface area contributed by atoms with E-state index in [0.717, 1.165) is 32.5 Å². The lowest BCUT2D eigenvalue weighted by atomic mass is 10.0. The van der Waals surface area contributed by atoms with Gasteiger partial charge in [-0.1, -0.05) is 24.3 Å². The Labute approximate surface area is 96.2 Å². The van der Waals surface area contributed by atoms with Crippen LogP contribution in [0.5, 0.6) is 0 Å². The van der Waals surface area contributed by atoms with Gasteiger partial charge in [0.1, 0.15) is 0 Å². The predicted octanol–water partition coefficient (Wildman–Crippen LogP) is 0.963. The number of nitrogens with two attached hydrogens (primary N) is 1. The number of benzene rings is 1. The molecule has 16 heavy (non-hydrogen) atoms. The molecule has 0 saturated carbocycles. The van der Waals surface area contributed by atoms with Crippen molar-refractivity contribution in [2.45, 2.75) is 19.3 Å². The van der Waals surface area contributed by atoms with Gasteiger partial charge in [-0.05, 0) is 24.0 Å². The number of hydrogen-bond donors (Lipinski definition) is 1. The Morgan fingerprint density at radius 2 is 1.75 bits per heavy atom. The quantitative estimate of drug-likeness (QED) is 0.821. The van der Waals surface area contributed by atoms with E-state index in [2.05, 4.69) is 29.2 Å². The fourth-order valence-corrected chi connectivity index (χ4v) is 2.21. The molecule has 3 nitrogen and oxygen atoms in total. The Morgan fingerprint density at radius 1 is 1.19 bits per heavy atom. The molecule has 3 heteroatoms. The summed E-state index contributed by atoms with van der Waals surface area (Å²) in [4.78, 5) is 13.1. The van der Waals surface area contributed by atoms with Crippen LogP contribution in [0.4, 0.5) is 0 Å². The standard InChI is InChI=1S/C13H18N2O/c14-13(16)7-10-15-8-5-11-3-1-2-4-12(11)6-9-15/h1-4H,5-10H2,(H2,14,16). The molecule has 1 aliphatic rings. The normalized spacial score (nSPS) is 16.5. The number of amides is 1. The van der Waals surface area contributed by atoms with Crippen LogP contribution in [0.1, 0.15) is 17.5 Å². The third-order valence-corrected chi connectivity index (χ3v) is 3.19. The van der Waals surface area contributed by atoms with E-state index < -0.39 is 0 Å². The van der Waals surface area contributed by atoms with E-state index in [1.807, 2.05) is 0 Å². The number of fused-ring (bicyclic) bond motifs is 1. The molecule has 0 unspecified atom stereocenters. The molecule has 0 saturated heterocycles. The molecule has 86 valence electrons. The van der Waals surface area contributed by atoms with Gasteiger partial charge in [-0.2, -0.15) is 0 Å². The maximum absolute atomic E-state index is 10.7. The van der Waals surface area contributed by atoms with Crippen LogP contribution in [0.25, 0.3) is 0 Å². The first-order valence-corrected chi connectivity index (χ1v) is 5.83. The van der Waals surface area contributed by atoms with Gasteiger partial charge in [-0.3, -0.25) is 4.79 Å². The van der Waals surface area contributed by atoms with Crippen molar-refractivity contribution in [1.29, 1.82) is 0 Å². The van der Waals surface area contributed by atoms with Crippen LogP contribution >= 0.6 is 0 Å². The van der Waals surface area contributed by atoms with Crippen molar-refractivity contribution < 1.29 is 4.79 Å². The summed E-state index contributed by atoms with van der Waals surface area (Å²) < 4.78 is 0. The Morgan fingerprint density at radius 3 is 2.25 bits per heavy atom. The molecule has 0 atom stereocenters. The zero-order chi connectivity index (χ0) is 11.4. The van der Waals surface area contributed by atoms with Crippen LogP contribution in [0.2, 0.25) is 0 Å². The molecule has 1 aromatic rings. The van der Waals surface area contributed by atoms with E-state index in [1.165, 1.54) is 11.1 Å². The molecule has 0 aromatic heterocycles. The van der Waals surface area contributed by atoms with Crippen molar-refractivity contribution >= 4 is 5.91 Å². The maximum Gasteiger partial charge on any atom is 0.218 e. The van der Waals surface area contributed by atoms with E-state index in [9.17, 15) is 4.79 Å². The summed E-state index contributed by atoms with van der Waals surface area (Å²) in [5.41, 5.74) is 8.06.